The first-order chi connectivity index (χ1) is 9.52. The van der Waals surface area contributed by atoms with E-state index >= 15 is 0 Å². The Kier molecular flexibility index (Phi) is 4.99. The maximum absolute atomic E-state index is 12.2. The molecule has 6 heteroatoms. The number of hydrogen-bond donors (Lipinski definition) is 3. The Morgan fingerprint density at radius 1 is 1.40 bits per heavy atom. The lowest BCUT2D eigenvalue weighted by atomic mass is 9.76. The fourth-order valence-corrected chi connectivity index (χ4v) is 3.29. The summed E-state index contributed by atoms with van der Waals surface area (Å²) in [4.78, 5) is 25.8. The zero-order valence-electron chi connectivity index (χ0n) is 12.2. The molecule has 2 fully saturated rings. The number of carbonyl (C=O) groups excluding carboxylic acids is 1. The lowest BCUT2D eigenvalue weighted by Gasteiger charge is -2.37. The zero-order valence-corrected chi connectivity index (χ0v) is 12.2. The Hall–Kier alpha value is -1.14. The molecule has 0 radical (unpaired) electrons. The molecule has 20 heavy (non-hydrogen) atoms. The van der Waals surface area contributed by atoms with Gasteiger partial charge in [0.1, 0.15) is 5.54 Å². The van der Waals surface area contributed by atoms with E-state index in [4.69, 9.17) is 0 Å². The Morgan fingerprint density at radius 2 is 2.10 bits per heavy atom. The largest absolute Gasteiger partial charge is 0.480 e. The van der Waals surface area contributed by atoms with Crippen molar-refractivity contribution in [1.29, 1.82) is 0 Å². The molecule has 1 saturated carbocycles. The van der Waals surface area contributed by atoms with Crippen LogP contribution in [0.3, 0.4) is 0 Å². The number of aliphatic carboxylic acids is 1. The van der Waals surface area contributed by atoms with Crippen LogP contribution in [0.4, 0.5) is 0 Å². The van der Waals surface area contributed by atoms with E-state index in [1.54, 1.807) is 0 Å². The second kappa shape index (κ2) is 6.54. The van der Waals surface area contributed by atoms with Gasteiger partial charge in [-0.05, 0) is 18.8 Å². The predicted octanol–water partition coefficient (Wildman–Crippen LogP) is 0.0413. The number of piperazine rings is 1. The van der Waals surface area contributed by atoms with Crippen LogP contribution in [-0.4, -0.2) is 60.1 Å². The normalized spacial score (nSPS) is 31.8. The van der Waals surface area contributed by atoms with Gasteiger partial charge >= 0.3 is 5.97 Å². The van der Waals surface area contributed by atoms with E-state index in [2.05, 4.69) is 22.5 Å². The van der Waals surface area contributed by atoms with E-state index in [-0.39, 0.29) is 5.91 Å². The topological polar surface area (TPSA) is 81.7 Å². The van der Waals surface area contributed by atoms with Crippen LogP contribution in [0.15, 0.2) is 0 Å². The fraction of sp³-hybridized carbons (Fsp3) is 0.857. The van der Waals surface area contributed by atoms with Crippen molar-refractivity contribution in [3.63, 3.8) is 0 Å². The Labute approximate surface area is 119 Å². The van der Waals surface area contributed by atoms with Gasteiger partial charge in [-0.25, -0.2) is 4.79 Å². The number of rotatable bonds is 4. The number of nitrogens with one attached hydrogen (secondary N) is 2. The van der Waals surface area contributed by atoms with Gasteiger partial charge in [0.2, 0.25) is 5.91 Å². The van der Waals surface area contributed by atoms with Gasteiger partial charge in [0.25, 0.3) is 0 Å². The maximum Gasteiger partial charge on any atom is 0.329 e. The van der Waals surface area contributed by atoms with E-state index < -0.39 is 11.5 Å². The Balaban J connectivity index is 1.93. The molecule has 0 aromatic heterocycles. The molecule has 2 rings (SSSR count). The minimum atomic E-state index is -1.05. The molecule has 6 nitrogen and oxygen atoms in total. The van der Waals surface area contributed by atoms with Gasteiger partial charge in [-0.2, -0.15) is 0 Å². The molecule has 1 aliphatic carbocycles. The minimum absolute atomic E-state index is 0.164. The molecule has 2 unspecified atom stereocenters. The van der Waals surface area contributed by atoms with E-state index in [0.717, 1.165) is 39.0 Å². The highest BCUT2D eigenvalue weighted by molar-refractivity contribution is 5.88. The molecule has 0 spiro atoms. The third-order valence-corrected chi connectivity index (χ3v) is 4.36. The SMILES string of the molecule is CC1CCCC(NC(=O)CN2CCNCC2)(C(=O)O)C1. The second-order valence-corrected chi connectivity index (χ2v) is 6.16. The summed E-state index contributed by atoms with van der Waals surface area (Å²) in [6.45, 7) is 5.79. The highest BCUT2D eigenvalue weighted by Gasteiger charge is 2.43. The third-order valence-electron chi connectivity index (χ3n) is 4.36. The Bertz CT molecular complexity index is 369. The molecule has 2 aliphatic rings. The van der Waals surface area contributed by atoms with E-state index in [1.807, 2.05) is 0 Å². The van der Waals surface area contributed by atoms with Crippen molar-refractivity contribution < 1.29 is 14.7 Å². The van der Waals surface area contributed by atoms with Crippen molar-refractivity contribution in [2.24, 2.45) is 5.92 Å². The first kappa shape index (κ1) is 15.3. The number of carboxylic acid groups (broad SMARTS) is 1. The number of carbonyl (C=O) groups is 2. The summed E-state index contributed by atoms with van der Waals surface area (Å²) >= 11 is 0. The monoisotopic (exact) mass is 283 g/mol. The zero-order chi connectivity index (χ0) is 14.6. The van der Waals surface area contributed by atoms with Crippen molar-refractivity contribution >= 4 is 11.9 Å². The van der Waals surface area contributed by atoms with Gasteiger partial charge < -0.3 is 15.7 Å². The van der Waals surface area contributed by atoms with Gasteiger partial charge in [0.15, 0.2) is 0 Å². The molecule has 1 aliphatic heterocycles. The molecule has 1 amide bonds. The fourth-order valence-electron chi connectivity index (χ4n) is 3.29. The van der Waals surface area contributed by atoms with Crippen LogP contribution in [0.2, 0.25) is 0 Å². The van der Waals surface area contributed by atoms with E-state index in [9.17, 15) is 14.7 Å². The van der Waals surface area contributed by atoms with E-state index in [0.29, 0.717) is 25.3 Å². The summed E-state index contributed by atoms with van der Waals surface area (Å²) < 4.78 is 0. The summed E-state index contributed by atoms with van der Waals surface area (Å²) in [6, 6.07) is 0. The summed E-state index contributed by atoms with van der Waals surface area (Å²) in [6.07, 6.45) is 2.99. The molecule has 3 N–H and O–H groups in total. The first-order valence-corrected chi connectivity index (χ1v) is 7.49. The van der Waals surface area contributed by atoms with Crippen molar-refractivity contribution in [3.05, 3.63) is 0 Å². The summed E-state index contributed by atoms with van der Waals surface area (Å²) in [5.74, 6) is -0.708. The lowest BCUT2D eigenvalue weighted by molar-refractivity contribution is -0.150. The molecular weight excluding hydrogens is 258 g/mol. The van der Waals surface area contributed by atoms with Crippen molar-refractivity contribution in [2.75, 3.05) is 32.7 Å². The number of hydrogen-bond acceptors (Lipinski definition) is 4. The quantitative estimate of drug-likeness (QED) is 0.679. The molecule has 0 bridgehead atoms. The summed E-state index contributed by atoms with van der Waals surface area (Å²) in [7, 11) is 0. The lowest BCUT2D eigenvalue weighted by Crippen LogP contribution is -2.59. The van der Waals surface area contributed by atoms with E-state index in [1.165, 1.54) is 0 Å². The van der Waals surface area contributed by atoms with Crippen LogP contribution in [0.5, 0.6) is 0 Å². The predicted molar refractivity (Wildman–Crippen MR) is 75.5 cm³/mol. The van der Waals surface area contributed by atoms with Crippen molar-refractivity contribution in [2.45, 2.75) is 38.1 Å². The highest BCUT2D eigenvalue weighted by atomic mass is 16.4. The van der Waals surface area contributed by atoms with Gasteiger partial charge in [-0.1, -0.05) is 19.8 Å². The van der Waals surface area contributed by atoms with Crippen molar-refractivity contribution in [1.82, 2.24) is 15.5 Å². The second-order valence-electron chi connectivity index (χ2n) is 6.16. The number of carboxylic acids is 1. The molecule has 0 aromatic rings. The maximum atomic E-state index is 12.2. The summed E-state index contributed by atoms with van der Waals surface area (Å²) in [5, 5.41) is 15.6. The van der Waals surface area contributed by atoms with Crippen LogP contribution >= 0.6 is 0 Å². The number of amides is 1. The third kappa shape index (κ3) is 3.70. The van der Waals surface area contributed by atoms with Crippen LogP contribution in [0.25, 0.3) is 0 Å². The van der Waals surface area contributed by atoms with Gasteiger partial charge in [-0.15, -0.1) is 0 Å². The van der Waals surface area contributed by atoms with Crippen LogP contribution in [0.1, 0.15) is 32.6 Å². The average Bonchev–Trinajstić information content (AvgIpc) is 2.39. The average molecular weight is 283 g/mol. The molecular formula is C14H25N3O3. The van der Waals surface area contributed by atoms with Gasteiger partial charge in [0, 0.05) is 26.2 Å². The standard InChI is InChI=1S/C14H25N3O3/c1-11-3-2-4-14(9-11,13(19)20)16-12(18)10-17-7-5-15-6-8-17/h11,15H,2-10H2,1H3,(H,16,18)(H,19,20). The first-order valence-electron chi connectivity index (χ1n) is 7.49. The molecule has 114 valence electrons. The van der Waals surface area contributed by atoms with Crippen LogP contribution in [0, 0.1) is 5.92 Å². The van der Waals surface area contributed by atoms with Crippen LogP contribution < -0.4 is 10.6 Å². The molecule has 0 aromatic carbocycles. The summed E-state index contributed by atoms with van der Waals surface area (Å²) in [5.41, 5.74) is -1.05. The molecule has 2 atom stereocenters. The number of nitrogens with zero attached hydrogens (tertiary/aromatic N) is 1. The Morgan fingerprint density at radius 3 is 2.70 bits per heavy atom. The molecule has 1 saturated heterocycles. The van der Waals surface area contributed by atoms with Gasteiger partial charge in [-0.3, -0.25) is 9.69 Å². The van der Waals surface area contributed by atoms with Crippen LogP contribution in [-0.2, 0) is 9.59 Å². The minimum Gasteiger partial charge on any atom is -0.480 e. The highest BCUT2D eigenvalue weighted by Crippen LogP contribution is 2.32. The smallest absolute Gasteiger partial charge is 0.329 e. The molecule has 1 heterocycles. The van der Waals surface area contributed by atoms with Gasteiger partial charge in [0.05, 0.1) is 6.54 Å². The van der Waals surface area contributed by atoms with Crippen molar-refractivity contribution in [3.8, 4) is 0 Å².